The van der Waals surface area contributed by atoms with Crippen LogP contribution in [0, 0.1) is 0 Å². The summed E-state index contributed by atoms with van der Waals surface area (Å²) < 4.78 is 0. The van der Waals surface area contributed by atoms with Crippen LogP contribution in [0.15, 0.2) is 194 Å². The Labute approximate surface area is 333 Å². The summed E-state index contributed by atoms with van der Waals surface area (Å²) in [4.78, 5) is 20.1. The van der Waals surface area contributed by atoms with Crippen LogP contribution in [0.25, 0.3) is 32.7 Å². The number of benzene rings is 8. The molecule has 8 aromatic carbocycles. The van der Waals surface area contributed by atoms with Gasteiger partial charge in [-0.15, -0.1) is 0 Å². The van der Waals surface area contributed by atoms with E-state index in [0.29, 0.717) is 0 Å². The third-order valence-electron chi connectivity index (χ3n) is 9.10. The van der Waals surface area contributed by atoms with E-state index in [2.05, 4.69) is 194 Å². The van der Waals surface area contributed by atoms with Crippen molar-refractivity contribution < 1.29 is 29.1 Å². The Balaban J connectivity index is 0.000000569. The maximum absolute atomic E-state index is 10.0. The number of carbonyl (C=O) groups excluding carboxylic acids is 2. The summed E-state index contributed by atoms with van der Waals surface area (Å²) in [6.07, 6.45) is 0.0833. The van der Waals surface area contributed by atoms with Crippen molar-refractivity contribution in [1.29, 1.82) is 0 Å². The van der Waals surface area contributed by atoms with Crippen LogP contribution in [0.4, 0.5) is 0 Å². The Morgan fingerprint density at radius 1 is 0.370 bits per heavy atom. The molecule has 0 aliphatic carbocycles. The third kappa shape index (κ3) is 8.73. The second-order valence-corrected chi connectivity index (χ2v) is 17.3. The van der Waals surface area contributed by atoms with Gasteiger partial charge in [0.2, 0.25) is 0 Å². The maximum Gasteiger partial charge on any atom is 2.00 e. The van der Waals surface area contributed by atoms with Crippen LogP contribution in [-0.4, -0.2) is 11.6 Å². The molecule has 8 aromatic rings. The number of fused-ring (bicyclic) bond motifs is 2. The molecule has 0 heterocycles. The van der Waals surface area contributed by atoms with Gasteiger partial charge >= 0.3 is 19.5 Å². The van der Waals surface area contributed by atoms with E-state index in [9.17, 15) is 9.59 Å². The zero-order valence-electron chi connectivity index (χ0n) is 30.2. The molecule has 0 atom stereocenters. The van der Waals surface area contributed by atoms with Gasteiger partial charge in [-0.25, -0.2) is 0 Å². The van der Waals surface area contributed by atoms with Gasteiger partial charge in [-0.3, -0.25) is 9.59 Å². The first-order valence-corrected chi connectivity index (χ1v) is 20.5. The fraction of sp³-hybridized carbons (Fsp3) is 0.0612. The number of hydrogen-bond donors (Lipinski definition) is 0. The van der Waals surface area contributed by atoms with Crippen molar-refractivity contribution in [2.75, 3.05) is 0 Å². The Morgan fingerprint density at radius 2 is 0.648 bits per heavy atom. The number of ketones is 2. The minimum absolute atomic E-state index is 0. The molecule has 8 rings (SSSR count). The maximum atomic E-state index is 10.0. The van der Waals surface area contributed by atoms with Crippen LogP contribution >= 0.6 is 15.8 Å². The summed E-state index contributed by atoms with van der Waals surface area (Å²) in [6, 6.07) is 71.8. The van der Waals surface area contributed by atoms with Gasteiger partial charge in [-0.2, -0.15) is 0 Å². The molecule has 0 saturated heterocycles. The zero-order valence-corrected chi connectivity index (χ0v) is 33.7. The Bertz CT molecular complexity index is 2230. The van der Waals surface area contributed by atoms with E-state index in [-0.39, 0.29) is 37.5 Å². The third-order valence-corrected chi connectivity index (χ3v) is 14.1. The molecule has 0 aliphatic heterocycles. The molecule has 0 aromatic heterocycles. The Kier molecular flexibility index (Phi) is 13.2. The summed E-state index contributed by atoms with van der Waals surface area (Å²) in [5.74, 6) is -0.125. The van der Waals surface area contributed by atoms with E-state index in [0.717, 1.165) is 0 Å². The van der Waals surface area contributed by atoms with Gasteiger partial charge in [0.1, 0.15) is 11.6 Å². The van der Waals surface area contributed by atoms with Gasteiger partial charge in [0.05, 0.1) is 6.42 Å². The van der Waals surface area contributed by atoms with E-state index in [1.54, 1.807) is 0 Å². The fourth-order valence-electron chi connectivity index (χ4n) is 6.93. The summed E-state index contributed by atoms with van der Waals surface area (Å²) in [5.41, 5.74) is 2.70. The molecule has 265 valence electrons. The Morgan fingerprint density at radius 3 is 0.926 bits per heavy atom. The van der Waals surface area contributed by atoms with Crippen molar-refractivity contribution in [2.45, 2.75) is 20.3 Å². The van der Waals surface area contributed by atoms with Crippen LogP contribution in [0.3, 0.4) is 0 Å². The van der Waals surface area contributed by atoms with E-state index < -0.39 is 15.8 Å². The first-order valence-electron chi connectivity index (χ1n) is 17.8. The molecule has 0 fully saturated rings. The molecule has 0 N–H and O–H groups in total. The fourth-order valence-corrected chi connectivity index (χ4v) is 11.9. The summed E-state index contributed by atoms with van der Waals surface area (Å²) in [7, 11) is -1.70. The van der Waals surface area contributed by atoms with E-state index in [1.165, 1.54) is 78.3 Å². The SMILES string of the molecule is CC(=O)CC(C)=O.[Rh+2].c1ccc(P(c2ccccc2)c2ccc3ccccc3c2-c2c(P(c3ccccc3)c3ccccc3)ccc3ccccc23)cc1. The van der Waals surface area contributed by atoms with Gasteiger partial charge in [-0.1, -0.05) is 194 Å². The molecular formula is C49H40O2P2Rh+2. The van der Waals surface area contributed by atoms with Crippen LogP contribution in [0.1, 0.15) is 20.3 Å². The van der Waals surface area contributed by atoms with Crippen LogP contribution < -0.4 is 31.8 Å². The van der Waals surface area contributed by atoms with E-state index >= 15 is 0 Å². The quantitative estimate of drug-likeness (QED) is 0.0826. The topological polar surface area (TPSA) is 34.1 Å². The molecule has 2 nitrogen and oxygen atoms in total. The van der Waals surface area contributed by atoms with Crippen LogP contribution in [0.2, 0.25) is 0 Å². The molecule has 5 heteroatoms. The zero-order chi connectivity index (χ0) is 36.6. The molecule has 0 saturated carbocycles. The van der Waals surface area contributed by atoms with Gasteiger partial charge in [0, 0.05) is 0 Å². The normalized spacial score (nSPS) is 10.8. The molecular weight excluding hydrogens is 785 g/mol. The van der Waals surface area contributed by atoms with E-state index in [1.807, 2.05) is 0 Å². The number of Topliss-reactive ketones (excluding diaryl/α,β-unsaturated/α-hetero) is 2. The number of rotatable bonds is 9. The molecule has 0 amide bonds. The van der Waals surface area contributed by atoms with Gasteiger partial charge < -0.3 is 0 Å². The van der Waals surface area contributed by atoms with Crippen molar-refractivity contribution in [3.63, 3.8) is 0 Å². The molecule has 0 bridgehead atoms. The van der Waals surface area contributed by atoms with Crippen LogP contribution in [-0.2, 0) is 29.1 Å². The minimum atomic E-state index is -0.852. The predicted molar refractivity (Wildman–Crippen MR) is 230 cm³/mol. The molecule has 0 spiro atoms. The largest absolute Gasteiger partial charge is 2.00 e. The second kappa shape index (κ2) is 18.4. The summed E-state index contributed by atoms with van der Waals surface area (Å²) in [6.45, 7) is 2.81. The van der Waals surface area contributed by atoms with E-state index in [4.69, 9.17) is 0 Å². The van der Waals surface area contributed by atoms with Crippen LogP contribution in [0.5, 0.6) is 0 Å². The summed E-state index contributed by atoms with van der Waals surface area (Å²) in [5, 5.41) is 13.3. The molecule has 0 unspecified atom stereocenters. The van der Waals surface area contributed by atoms with Crippen molar-refractivity contribution in [2.24, 2.45) is 0 Å². The number of hydrogen-bond acceptors (Lipinski definition) is 2. The molecule has 1 radical (unpaired) electrons. The van der Waals surface area contributed by atoms with Crippen molar-refractivity contribution in [3.05, 3.63) is 194 Å². The minimum Gasteiger partial charge on any atom is -0.300 e. The van der Waals surface area contributed by atoms with Crippen molar-refractivity contribution in [3.8, 4) is 11.1 Å². The van der Waals surface area contributed by atoms with Crippen molar-refractivity contribution in [1.82, 2.24) is 0 Å². The molecule has 54 heavy (non-hydrogen) atoms. The predicted octanol–water partition coefficient (Wildman–Crippen LogP) is 9.73. The van der Waals surface area contributed by atoms with Crippen molar-refractivity contribution >= 4 is 80.8 Å². The van der Waals surface area contributed by atoms with Gasteiger partial charge in [0.25, 0.3) is 0 Å². The first-order chi connectivity index (χ1) is 26.0. The first kappa shape index (κ1) is 38.8. The Hall–Kier alpha value is -4.90. The average molecular weight is 826 g/mol. The standard InChI is InChI=1S/C44H32P2.C5H8O2.Rh/c1-5-19-35(20-6-1)45(36-21-7-2-8-22-36)41-31-29-33-17-13-15-27-39(33)43(41)44-40-28-16-14-18-34(40)30-32-42(44)46(37-23-9-3-10-24-37)38-25-11-4-12-26-38;1-4(6)3-5(2)7;/h1-32H;3H2,1-2H3;/q;;+2. The smallest absolute Gasteiger partial charge is 0.300 e. The molecule has 0 aliphatic rings. The average Bonchev–Trinajstić information content (AvgIpc) is 3.19. The summed E-state index contributed by atoms with van der Waals surface area (Å²) >= 11 is 0. The number of carbonyl (C=O) groups is 2. The second-order valence-electron chi connectivity index (χ2n) is 13.0. The monoisotopic (exact) mass is 825 g/mol. The van der Waals surface area contributed by atoms with Gasteiger partial charge in [0.15, 0.2) is 0 Å². The van der Waals surface area contributed by atoms with Gasteiger partial charge in [-0.05, 0) is 94.2 Å².